The van der Waals surface area contributed by atoms with E-state index in [1.54, 1.807) is 0 Å². The molecule has 1 aliphatic heterocycles. The number of piperidine rings is 1. The van der Waals surface area contributed by atoms with Crippen molar-refractivity contribution < 1.29 is 0 Å². The molecule has 90 valence electrons. The summed E-state index contributed by atoms with van der Waals surface area (Å²) in [6, 6.07) is 6.73. The molecule has 1 aromatic carbocycles. The van der Waals surface area contributed by atoms with Gasteiger partial charge in [-0.2, -0.15) is 0 Å². The summed E-state index contributed by atoms with van der Waals surface area (Å²) in [6.45, 7) is 1.17. The van der Waals surface area contributed by atoms with Gasteiger partial charge in [0.15, 0.2) is 0 Å². The highest BCUT2D eigenvalue weighted by Gasteiger charge is 2.37. The van der Waals surface area contributed by atoms with Gasteiger partial charge >= 0.3 is 0 Å². The van der Waals surface area contributed by atoms with E-state index in [0.717, 1.165) is 11.5 Å². The van der Waals surface area contributed by atoms with E-state index in [1.165, 1.54) is 31.5 Å². The van der Waals surface area contributed by atoms with Gasteiger partial charge in [0.25, 0.3) is 0 Å². The van der Waals surface area contributed by atoms with Crippen LogP contribution < -0.4 is 10.6 Å². The summed E-state index contributed by atoms with van der Waals surface area (Å²) in [7, 11) is 0. The summed E-state index contributed by atoms with van der Waals surface area (Å²) in [4.78, 5) is 2.84. The molecule has 2 N–H and O–H groups in total. The van der Waals surface area contributed by atoms with Gasteiger partial charge in [-0.3, -0.25) is 0 Å². The van der Waals surface area contributed by atoms with Crippen LogP contribution in [0, 0.1) is 5.92 Å². The maximum absolute atomic E-state index is 6.21. The Balaban J connectivity index is 1.89. The van der Waals surface area contributed by atoms with Gasteiger partial charge in [0, 0.05) is 23.8 Å². The molecule has 2 atom stereocenters. The highest BCUT2D eigenvalue weighted by Crippen LogP contribution is 2.40. The molecule has 2 unspecified atom stereocenters. The van der Waals surface area contributed by atoms with Crippen molar-refractivity contribution >= 4 is 34.5 Å². The molecule has 1 saturated heterocycles. The number of nitrogens with zero attached hydrogens (tertiary/aromatic N) is 1. The Kier molecular flexibility index (Phi) is 2.75. The molecule has 2 bridgehead atoms. The third-order valence-corrected chi connectivity index (χ3v) is 4.49. The normalized spacial score (nSPS) is 26.5. The number of thiocarbonyl (C=S) groups is 1. The summed E-state index contributed by atoms with van der Waals surface area (Å²) in [5.41, 5.74) is 7.60. The third-order valence-electron chi connectivity index (χ3n) is 3.96. The topological polar surface area (TPSA) is 29.3 Å². The van der Waals surface area contributed by atoms with Crippen molar-refractivity contribution in [1.82, 2.24) is 0 Å². The van der Waals surface area contributed by atoms with E-state index in [4.69, 9.17) is 29.6 Å². The zero-order valence-corrected chi connectivity index (χ0v) is 11.1. The molecule has 17 heavy (non-hydrogen) atoms. The standard InChI is InChI=1S/C13H15ClN2S/c14-12-6-10(3-4-11(12)13(15)17)16-7-8-1-2-9(16)5-8/h3-4,6,8-9H,1-2,5,7H2,(H2,15,17). The molecule has 2 aliphatic rings. The number of anilines is 1. The molecule has 1 aliphatic carbocycles. The molecule has 4 heteroatoms. The molecule has 2 fully saturated rings. The highest BCUT2D eigenvalue weighted by atomic mass is 35.5. The summed E-state index contributed by atoms with van der Waals surface area (Å²) >= 11 is 11.2. The number of benzene rings is 1. The summed E-state index contributed by atoms with van der Waals surface area (Å²) in [5, 5.41) is 0.665. The van der Waals surface area contributed by atoms with E-state index >= 15 is 0 Å². The van der Waals surface area contributed by atoms with Crippen LogP contribution in [-0.2, 0) is 0 Å². The second-order valence-corrected chi connectivity index (χ2v) is 5.86. The average Bonchev–Trinajstić information content (AvgIpc) is 2.89. The first kappa shape index (κ1) is 11.3. The smallest absolute Gasteiger partial charge is 0.105 e. The van der Waals surface area contributed by atoms with Crippen molar-refractivity contribution in [2.45, 2.75) is 25.3 Å². The van der Waals surface area contributed by atoms with E-state index in [1.807, 2.05) is 12.1 Å². The Bertz CT molecular complexity index is 474. The van der Waals surface area contributed by atoms with Gasteiger partial charge in [0.2, 0.25) is 0 Å². The number of hydrogen-bond acceptors (Lipinski definition) is 2. The minimum absolute atomic E-state index is 0.365. The van der Waals surface area contributed by atoms with E-state index in [2.05, 4.69) is 11.0 Å². The molecule has 0 aromatic heterocycles. The van der Waals surface area contributed by atoms with Crippen LogP contribution in [0.15, 0.2) is 18.2 Å². The fourth-order valence-electron chi connectivity index (χ4n) is 3.12. The van der Waals surface area contributed by atoms with Crippen LogP contribution in [0.1, 0.15) is 24.8 Å². The Hall–Kier alpha value is -0.800. The van der Waals surface area contributed by atoms with Crippen LogP contribution >= 0.6 is 23.8 Å². The molecular weight excluding hydrogens is 252 g/mol. The zero-order chi connectivity index (χ0) is 12.0. The highest BCUT2D eigenvalue weighted by molar-refractivity contribution is 7.80. The van der Waals surface area contributed by atoms with Crippen LogP contribution in [-0.4, -0.2) is 17.6 Å². The Morgan fingerprint density at radius 3 is 2.76 bits per heavy atom. The van der Waals surface area contributed by atoms with E-state index in [-0.39, 0.29) is 0 Å². The maximum atomic E-state index is 6.21. The molecule has 0 radical (unpaired) electrons. The van der Waals surface area contributed by atoms with Crippen LogP contribution in [0.5, 0.6) is 0 Å². The van der Waals surface area contributed by atoms with Crippen molar-refractivity contribution in [2.24, 2.45) is 11.7 Å². The SMILES string of the molecule is NC(=S)c1ccc(N2CC3CCC2C3)cc1Cl. The fourth-order valence-corrected chi connectivity index (χ4v) is 3.63. The summed E-state index contributed by atoms with van der Waals surface area (Å²) in [6.07, 6.45) is 4.05. The second kappa shape index (κ2) is 4.14. The molecular formula is C13H15ClN2S. The van der Waals surface area contributed by atoms with Crippen molar-refractivity contribution in [3.63, 3.8) is 0 Å². The van der Waals surface area contributed by atoms with Gasteiger partial charge in [-0.15, -0.1) is 0 Å². The number of rotatable bonds is 2. The van der Waals surface area contributed by atoms with E-state index in [9.17, 15) is 0 Å². The number of nitrogens with two attached hydrogens (primary N) is 1. The average molecular weight is 267 g/mol. The van der Waals surface area contributed by atoms with Crippen LogP contribution in [0.2, 0.25) is 5.02 Å². The number of halogens is 1. The van der Waals surface area contributed by atoms with Gasteiger partial charge in [-0.05, 0) is 43.4 Å². The van der Waals surface area contributed by atoms with E-state index < -0.39 is 0 Å². The van der Waals surface area contributed by atoms with Gasteiger partial charge in [-0.1, -0.05) is 23.8 Å². The van der Waals surface area contributed by atoms with Crippen LogP contribution in [0.25, 0.3) is 0 Å². The minimum Gasteiger partial charge on any atom is -0.389 e. The lowest BCUT2D eigenvalue weighted by atomic mass is 10.1. The monoisotopic (exact) mass is 266 g/mol. The van der Waals surface area contributed by atoms with E-state index in [0.29, 0.717) is 16.1 Å². The first-order valence-corrected chi connectivity index (χ1v) is 6.80. The van der Waals surface area contributed by atoms with Gasteiger partial charge in [0.05, 0.1) is 5.02 Å². The fraction of sp³-hybridized carbons (Fsp3) is 0.462. The molecule has 0 spiro atoms. The van der Waals surface area contributed by atoms with Crippen LogP contribution in [0.4, 0.5) is 5.69 Å². The molecule has 1 heterocycles. The first-order chi connectivity index (χ1) is 8.15. The van der Waals surface area contributed by atoms with Crippen molar-refractivity contribution in [2.75, 3.05) is 11.4 Å². The molecule has 1 saturated carbocycles. The largest absolute Gasteiger partial charge is 0.389 e. The number of hydrogen-bond donors (Lipinski definition) is 1. The van der Waals surface area contributed by atoms with Crippen LogP contribution in [0.3, 0.4) is 0 Å². The molecule has 0 amide bonds. The Morgan fingerprint density at radius 1 is 1.41 bits per heavy atom. The van der Waals surface area contributed by atoms with Gasteiger partial charge in [0.1, 0.15) is 4.99 Å². The first-order valence-electron chi connectivity index (χ1n) is 6.01. The molecule has 2 nitrogen and oxygen atoms in total. The second-order valence-electron chi connectivity index (χ2n) is 5.01. The zero-order valence-electron chi connectivity index (χ0n) is 9.53. The van der Waals surface area contributed by atoms with Crippen molar-refractivity contribution in [3.05, 3.63) is 28.8 Å². The van der Waals surface area contributed by atoms with Gasteiger partial charge in [-0.25, -0.2) is 0 Å². The van der Waals surface area contributed by atoms with Crippen molar-refractivity contribution in [1.29, 1.82) is 0 Å². The third kappa shape index (κ3) is 1.91. The minimum atomic E-state index is 0.365. The molecule has 3 rings (SSSR count). The Morgan fingerprint density at radius 2 is 2.24 bits per heavy atom. The summed E-state index contributed by atoms with van der Waals surface area (Å²) in [5.74, 6) is 0.883. The quantitative estimate of drug-likeness (QED) is 0.835. The molecule has 1 aromatic rings. The lowest BCUT2D eigenvalue weighted by Crippen LogP contribution is -2.31. The predicted octanol–water partition coefficient (Wildman–Crippen LogP) is 2.96. The predicted molar refractivity (Wildman–Crippen MR) is 75.8 cm³/mol. The maximum Gasteiger partial charge on any atom is 0.105 e. The summed E-state index contributed by atoms with van der Waals surface area (Å²) < 4.78 is 0. The van der Waals surface area contributed by atoms with Crippen molar-refractivity contribution in [3.8, 4) is 0 Å². The lowest BCUT2D eigenvalue weighted by Gasteiger charge is -2.29. The Labute approximate surface area is 112 Å². The number of fused-ring (bicyclic) bond motifs is 2. The van der Waals surface area contributed by atoms with Gasteiger partial charge < -0.3 is 10.6 Å². The lowest BCUT2D eigenvalue weighted by molar-refractivity contribution is 0.553.